The summed E-state index contributed by atoms with van der Waals surface area (Å²) >= 11 is 0. The van der Waals surface area contributed by atoms with Gasteiger partial charge in [0.05, 0.1) is 12.6 Å². The number of hydrogen-bond acceptors (Lipinski definition) is 4. The van der Waals surface area contributed by atoms with E-state index in [0.717, 1.165) is 57.7 Å². The molecule has 1 aliphatic heterocycles. The highest BCUT2D eigenvalue weighted by Gasteiger charge is 2.29. The maximum absolute atomic E-state index is 12.0. The highest BCUT2D eigenvalue weighted by atomic mass is 127. The van der Waals surface area contributed by atoms with Gasteiger partial charge in [-0.3, -0.25) is 9.89 Å². The predicted molar refractivity (Wildman–Crippen MR) is 121 cm³/mol. The van der Waals surface area contributed by atoms with Crippen LogP contribution in [0.5, 0.6) is 0 Å². The summed E-state index contributed by atoms with van der Waals surface area (Å²) in [5.74, 6) is 0.952. The molecule has 1 heterocycles. The summed E-state index contributed by atoms with van der Waals surface area (Å²) in [6, 6.07) is 0.888. The monoisotopic (exact) mass is 495 g/mol. The molecule has 1 aliphatic carbocycles. The number of amides is 1. The van der Waals surface area contributed by atoms with E-state index in [4.69, 9.17) is 9.73 Å². The molecule has 0 aromatic rings. The highest BCUT2D eigenvalue weighted by molar-refractivity contribution is 14.0. The van der Waals surface area contributed by atoms with E-state index in [1.165, 1.54) is 12.8 Å². The van der Waals surface area contributed by atoms with Gasteiger partial charge in [0.15, 0.2) is 5.96 Å². The molecule has 158 valence electrons. The number of rotatable bonds is 7. The summed E-state index contributed by atoms with van der Waals surface area (Å²) in [6.45, 7) is 15.4. The zero-order valence-corrected chi connectivity index (χ0v) is 19.9. The number of ether oxygens (including phenoxy) is 1. The highest BCUT2D eigenvalue weighted by Crippen LogP contribution is 2.26. The van der Waals surface area contributed by atoms with Gasteiger partial charge in [0.1, 0.15) is 5.60 Å². The molecule has 0 spiro atoms. The van der Waals surface area contributed by atoms with Gasteiger partial charge >= 0.3 is 6.09 Å². The summed E-state index contributed by atoms with van der Waals surface area (Å²) in [7, 11) is 0. The smallest absolute Gasteiger partial charge is 0.407 e. The predicted octanol–water partition coefficient (Wildman–Crippen LogP) is 2.65. The van der Waals surface area contributed by atoms with Gasteiger partial charge < -0.3 is 20.3 Å². The van der Waals surface area contributed by atoms with Crippen molar-refractivity contribution >= 4 is 36.0 Å². The molecule has 1 saturated heterocycles. The maximum Gasteiger partial charge on any atom is 0.407 e. The van der Waals surface area contributed by atoms with Crippen molar-refractivity contribution in [3.63, 3.8) is 0 Å². The lowest BCUT2D eigenvalue weighted by Crippen LogP contribution is -2.44. The van der Waals surface area contributed by atoms with Crippen LogP contribution in [0.1, 0.15) is 53.9 Å². The number of halogens is 1. The molecule has 0 bridgehead atoms. The Labute approximate surface area is 181 Å². The maximum atomic E-state index is 12.0. The van der Waals surface area contributed by atoms with E-state index < -0.39 is 5.60 Å². The first-order valence-corrected chi connectivity index (χ1v) is 10.1. The molecule has 0 aromatic heterocycles. The molecule has 2 rings (SSSR count). The number of carbonyl (C=O) groups excluding carboxylic acids is 1. The van der Waals surface area contributed by atoms with Crippen molar-refractivity contribution in [2.75, 3.05) is 39.3 Å². The molecule has 0 radical (unpaired) electrons. The van der Waals surface area contributed by atoms with Crippen molar-refractivity contribution in [1.29, 1.82) is 0 Å². The topological polar surface area (TPSA) is 69.2 Å². The Balaban J connectivity index is 0.00000364. The molecule has 2 aliphatic rings. The van der Waals surface area contributed by atoms with Crippen molar-refractivity contribution < 1.29 is 9.53 Å². The number of likely N-dealkylation sites (tertiary alicyclic amines) is 1. The normalized spacial score (nSPS) is 20.4. The molecule has 1 atom stereocenters. The third-order valence-corrected chi connectivity index (χ3v) is 4.66. The second-order valence-electron chi connectivity index (χ2n) is 8.17. The quantitative estimate of drug-likeness (QED) is 0.323. The van der Waals surface area contributed by atoms with Gasteiger partial charge in [0.2, 0.25) is 0 Å². The van der Waals surface area contributed by atoms with E-state index in [2.05, 4.69) is 34.3 Å². The van der Waals surface area contributed by atoms with Crippen LogP contribution in [0, 0.1) is 0 Å². The summed E-state index contributed by atoms with van der Waals surface area (Å²) in [6.07, 6.45) is 3.24. The number of hydrogen-bond donors (Lipinski definition) is 2. The first kappa shape index (κ1) is 24.3. The molecule has 1 amide bonds. The Morgan fingerprint density at radius 3 is 2.52 bits per heavy atom. The van der Waals surface area contributed by atoms with Crippen LogP contribution in [0.25, 0.3) is 0 Å². The number of carbonyl (C=O) groups is 1. The number of nitrogens with zero attached hydrogens (tertiary/aromatic N) is 3. The molecule has 1 saturated carbocycles. The van der Waals surface area contributed by atoms with E-state index >= 15 is 0 Å². The molecule has 0 aromatic carbocycles. The van der Waals surface area contributed by atoms with Gasteiger partial charge in [0, 0.05) is 32.2 Å². The van der Waals surface area contributed by atoms with Gasteiger partial charge in [-0.25, -0.2) is 4.79 Å². The minimum atomic E-state index is -0.467. The fourth-order valence-electron chi connectivity index (χ4n) is 3.29. The summed E-state index contributed by atoms with van der Waals surface area (Å²) < 4.78 is 5.35. The van der Waals surface area contributed by atoms with Crippen LogP contribution in [-0.4, -0.2) is 78.8 Å². The van der Waals surface area contributed by atoms with E-state index in [-0.39, 0.29) is 36.1 Å². The summed E-state index contributed by atoms with van der Waals surface area (Å²) in [5.41, 5.74) is -0.467. The van der Waals surface area contributed by atoms with E-state index in [1.807, 2.05) is 20.8 Å². The van der Waals surface area contributed by atoms with Crippen LogP contribution in [0.3, 0.4) is 0 Å². The SMILES string of the molecule is CCNC(=NCCN(CC)C1CC1)N1CCC(NC(=O)OC(C)(C)C)C1.I. The van der Waals surface area contributed by atoms with Crippen LogP contribution in [0.15, 0.2) is 4.99 Å². The number of nitrogens with one attached hydrogen (secondary N) is 2. The zero-order chi connectivity index (χ0) is 19.2. The van der Waals surface area contributed by atoms with Crippen LogP contribution in [0.2, 0.25) is 0 Å². The van der Waals surface area contributed by atoms with Gasteiger partial charge in [-0.15, -0.1) is 24.0 Å². The number of aliphatic imine (C=N–C) groups is 1. The molecule has 27 heavy (non-hydrogen) atoms. The minimum Gasteiger partial charge on any atom is -0.444 e. The van der Waals surface area contributed by atoms with Crippen LogP contribution in [0.4, 0.5) is 4.79 Å². The van der Waals surface area contributed by atoms with Crippen LogP contribution < -0.4 is 10.6 Å². The van der Waals surface area contributed by atoms with Crippen LogP contribution >= 0.6 is 24.0 Å². The van der Waals surface area contributed by atoms with Gasteiger partial charge in [-0.2, -0.15) is 0 Å². The lowest BCUT2D eigenvalue weighted by molar-refractivity contribution is 0.0507. The third kappa shape index (κ3) is 8.85. The second-order valence-corrected chi connectivity index (χ2v) is 8.17. The molecular formula is C19H38IN5O2. The van der Waals surface area contributed by atoms with Gasteiger partial charge in [-0.05, 0) is 53.5 Å². The van der Waals surface area contributed by atoms with Crippen molar-refractivity contribution in [3.05, 3.63) is 0 Å². The third-order valence-electron chi connectivity index (χ3n) is 4.66. The van der Waals surface area contributed by atoms with Crippen molar-refractivity contribution in [3.8, 4) is 0 Å². The van der Waals surface area contributed by atoms with Crippen LogP contribution in [-0.2, 0) is 4.74 Å². The molecule has 7 nitrogen and oxygen atoms in total. The van der Waals surface area contributed by atoms with Gasteiger partial charge in [0.25, 0.3) is 0 Å². The fraction of sp³-hybridized carbons (Fsp3) is 0.895. The number of alkyl carbamates (subject to hydrolysis) is 1. The first-order valence-electron chi connectivity index (χ1n) is 10.1. The average Bonchev–Trinajstić information content (AvgIpc) is 3.28. The fourth-order valence-corrected chi connectivity index (χ4v) is 3.29. The number of guanidine groups is 1. The van der Waals surface area contributed by atoms with Gasteiger partial charge in [-0.1, -0.05) is 6.92 Å². The van der Waals surface area contributed by atoms with E-state index in [0.29, 0.717) is 0 Å². The minimum absolute atomic E-state index is 0. The van der Waals surface area contributed by atoms with E-state index in [1.54, 1.807) is 0 Å². The van der Waals surface area contributed by atoms with Crippen molar-refractivity contribution in [2.24, 2.45) is 4.99 Å². The second kappa shape index (κ2) is 11.3. The average molecular weight is 495 g/mol. The zero-order valence-electron chi connectivity index (χ0n) is 17.6. The summed E-state index contributed by atoms with van der Waals surface area (Å²) in [5, 5.41) is 6.36. The molecule has 2 N–H and O–H groups in total. The Kier molecular flexibility index (Phi) is 10.1. The van der Waals surface area contributed by atoms with Crippen molar-refractivity contribution in [2.45, 2.75) is 71.6 Å². The lowest BCUT2D eigenvalue weighted by Gasteiger charge is -2.24. The molecule has 1 unspecified atom stereocenters. The standard InChI is InChI=1S/C19H37N5O2.HI/c1-6-20-17(21-11-13-23(7-2)16-8-9-16)24-12-10-15(14-24)22-18(25)26-19(3,4)5;/h15-16H,6-14H2,1-5H3,(H,20,21)(H,22,25);1H. The Hall–Kier alpha value is -0.770. The lowest BCUT2D eigenvalue weighted by atomic mass is 10.2. The Morgan fingerprint density at radius 1 is 1.26 bits per heavy atom. The molecule has 8 heteroatoms. The number of likely N-dealkylation sites (N-methyl/N-ethyl adjacent to an activating group) is 1. The first-order chi connectivity index (χ1) is 12.3. The largest absolute Gasteiger partial charge is 0.444 e. The summed E-state index contributed by atoms with van der Waals surface area (Å²) in [4.78, 5) is 21.5. The Morgan fingerprint density at radius 2 is 1.96 bits per heavy atom. The molecular weight excluding hydrogens is 457 g/mol. The molecule has 2 fully saturated rings. The van der Waals surface area contributed by atoms with E-state index in [9.17, 15) is 4.79 Å². The van der Waals surface area contributed by atoms with Crippen molar-refractivity contribution in [1.82, 2.24) is 20.4 Å². The Bertz CT molecular complexity index is 491.